The summed E-state index contributed by atoms with van der Waals surface area (Å²) < 4.78 is 9.96. The van der Waals surface area contributed by atoms with E-state index in [9.17, 15) is 9.59 Å². The van der Waals surface area contributed by atoms with Gasteiger partial charge in [-0.2, -0.15) is 0 Å². The van der Waals surface area contributed by atoms with Crippen LogP contribution in [0.1, 0.15) is 16.1 Å². The second kappa shape index (κ2) is 7.02. The third-order valence-electron chi connectivity index (χ3n) is 3.49. The summed E-state index contributed by atoms with van der Waals surface area (Å²) in [5.74, 6) is -0.488. The van der Waals surface area contributed by atoms with Gasteiger partial charge in [0, 0.05) is 6.54 Å². The summed E-state index contributed by atoms with van der Waals surface area (Å²) in [5, 5.41) is 15.3. The number of para-hydroxylation sites is 1. The monoisotopic (exact) mass is 341 g/mol. The molecular formula is C17H15N3O5. The molecule has 128 valence electrons. The lowest BCUT2D eigenvalue weighted by atomic mass is 10.1. The molecule has 8 heteroatoms. The molecule has 0 radical (unpaired) electrons. The fourth-order valence-electron chi connectivity index (χ4n) is 2.30. The van der Waals surface area contributed by atoms with Crippen LogP contribution in [0.4, 0.5) is 5.69 Å². The first-order valence-electron chi connectivity index (χ1n) is 7.42. The minimum Gasteiger partial charge on any atom is -0.482 e. The van der Waals surface area contributed by atoms with E-state index < -0.39 is 5.97 Å². The van der Waals surface area contributed by atoms with Crippen molar-refractivity contribution in [3.63, 3.8) is 0 Å². The number of carboxylic acid groups (broad SMARTS) is 1. The fraction of sp³-hybridized carbons (Fsp3) is 0.118. The van der Waals surface area contributed by atoms with Crippen LogP contribution in [0.25, 0.3) is 11.0 Å². The molecule has 3 aromatic rings. The van der Waals surface area contributed by atoms with Crippen molar-refractivity contribution in [3.05, 3.63) is 53.7 Å². The molecule has 1 aromatic heterocycles. The molecule has 25 heavy (non-hydrogen) atoms. The summed E-state index contributed by atoms with van der Waals surface area (Å²) in [4.78, 5) is 21.5. The van der Waals surface area contributed by atoms with E-state index in [1.807, 2.05) is 18.2 Å². The molecular weight excluding hydrogens is 326 g/mol. The standard InChI is InChI=1S/C9H10N2O2.C8H5NO3/c10-4-6-1-2-8-7(3-6)11-9(12)5-13-8;10-8(11)7-5-3-1-2-4-6(5)12-9-7/h1-3H,4-5,10H2,(H,11,12);1-4H,(H,10,11). The fourth-order valence-corrected chi connectivity index (χ4v) is 2.30. The third kappa shape index (κ3) is 3.59. The molecule has 8 nitrogen and oxygen atoms in total. The van der Waals surface area contributed by atoms with Gasteiger partial charge in [0.15, 0.2) is 17.9 Å². The van der Waals surface area contributed by atoms with Crippen molar-refractivity contribution in [2.75, 3.05) is 11.9 Å². The summed E-state index contributed by atoms with van der Waals surface area (Å²) in [5.41, 5.74) is 7.61. The number of hydrogen-bond donors (Lipinski definition) is 3. The quantitative estimate of drug-likeness (QED) is 0.650. The predicted octanol–water partition coefficient (Wildman–Crippen LogP) is 2.00. The van der Waals surface area contributed by atoms with Gasteiger partial charge in [0.05, 0.1) is 11.1 Å². The highest BCUT2D eigenvalue weighted by Crippen LogP contribution is 2.28. The Hall–Kier alpha value is -3.39. The lowest BCUT2D eigenvalue weighted by molar-refractivity contribution is -0.118. The molecule has 4 N–H and O–H groups in total. The summed E-state index contributed by atoms with van der Waals surface area (Å²) >= 11 is 0. The molecule has 0 saturated heterocycles. The number of anilines is 1. The normalized spacial score (nSPS) is 12.4. The lowest BCUT2D eigenvalue weighted by Crippen LogP contribution is -2.25. The smallest absolute Gasteiger partial charge is 0.358 e. The van der Waals surface area contributed by atoms with Crippen LogP contribution in [0.5, 0.6) is 5.75 Å². The topological polar surface area (TPSA) is 128 Å². The molecule has 2 aromatic carbocycles. The Bertz CT molecular complexity index is 935. The van der Waals surface area contributed by atoms with Gasteiger partial charge < -0.3 is 25.4 Å². The molecule has 4 rings (SSSR count). The number of carbonyl (C=O) groups excluding carboxylic acids is 1. The molecule has 1 aliphatic heterocycles. The van der Waals surface area contributed by atoms with Gasteiger partial charge in [0.25, 0.3) is 5.91 Å². The number of nitrogens with one attached hydrogen (secondary N) is 1. The molecule has 0 spiro atoms. The van der Waals surface area contributed by atoms with Gasteiger partial charge in [0.1, 0.15) is 5.75 Å². The Labute approximate surface area is 142 Å². The van der Waals surface area contributed by atoms with Crippen molar-refractivity contribution in [1.29, 1.82) is 0 Å². The Morgan fingerprint density at radius 2 is 2.08 bits per heavy atom. The average Bonchev–Trinajstić information content (AvgIpc) is 3.06. The van der Waals surface area contributed by atoms with E-state index in [0.717, 1.165) is 5.56 Å². The van der Waals surface area contributed by atoms with Crippen molar-refractivity contribution in [2.24, 2.45) is 5.73 Å². The van der Waals surface area contributed by atoms with E-state index in [2.05, 4.69) is 10.5 Å². The number of carboxylic acids is 1. The first-order valence-corrected chi connectivity index (χ1v) is 7.42. The zero-order valence-corrected chi connectivity index (χ0v) is 13.1. The number of rotatable bonds is 2. The maximum atomic E-state index is 11.0. The number of amides is 1. The highest BCUT2D eigenvalue weighted by Gasteiger charge is 2.15. The largest absolute Gasteiger partial charge is 0.482 e. The predicted molar refractivity (Wildman–Crippen MR) is 89.4 cm³/mol. The highest BCUT2D eigenvalue weighted by atomic mass is 16.5. The Morgan fingerprint density at radius 3 is 2.84 bits per heavy atom. The van der Waals surface area contributed by atoms with Gasteiger partial charge in [-0.3, -0.25) is 4.79 Å². The molecule has 1 amide bonds. The van der Waals surface area contributed by atoms with Gasteiger partial charge in [0.2, 0.25) is 0 Å². The number of hydrogen-bond acceptors (Lipinski definition) is 6. The maximum absolute atomic E-state index is 11.0. The number of carbonyl (C=O) groups is 2. The highest BCUT2D eigenvalue weighted by molar-refractivity contribution is 6.00. The van der Waals surface area contributed by atoms with Gasteiger partial charge in [-0.1, -0.05) is 23.4 Å². The zero-order valence-electron chi connectivity index (χ0n) is 13.1. The van der Waals surface area contributed by atoms with E-state index in [0.29, 0.717) is 29.0 Å². The number of ether oxygens (including phenoxy) is 1. The minimum atomic E-state index is -1.07. The average molecular weight is 341 g/mol. The van der Waals surface area contributed by atoms with E-state index in [-0.39, 0.29) is 18.2 Å². The van der Waals surface area contributed by atoms with Crippen LogP contribution >= 0.6 is 0 Å². The van der Waals surface area contributed by atoms with E-state index in [1.165, 1.54) is 0 Å². The number of fused-ring (bicyclic) bond motifs is 2. The Balaban J connectivity index is 0.000000146. The summed E-state index contributed by atoms with van der Waals surface area (Å²) in [6.45, 7) is 0.554. The van der Waals surface area contributed by atoms with Crippen LogP contribution in [0.15, 0.2) is 47.0 Å². The van der Waals surface area contributed by atoms with Crippen LogP contribution in [-0.2, 0) is 11.3 Å². The third-order valence-corrected chi connectivity index (χ3v) is 3.49. The number of nitrogens with two attached hydrogens (primary N) is 1. The first kappa shape index (κ1) is 16.5. The molecule has 0 aliphatic carbocycles. The van der Waals surface area contributed by atoms with Crippen LogP contribution in [0.3, 0.4) is 0 Å². The SMILES string of the molecule is NCc1ccc2c(c1)NC(=O)CO2.O=C(O)c1noc2ccccc12. The van der Waals surface area contributed by atoms with Crippen LogP contribution in [-0.4, -0.2) is 28.7 Å². The first-order chi connectivity index (χ1) is 12.1. The number of aromatic carboxylic acids is 1. The van der Waals surface area contributed by atoms with Crippen molar-refractivity contribution in [2.45, 2.75) is 6.54 Å². The van der Waals surface area contributed by atoms with Crippen molar-refractivity contribution in [1.82, 2.24) is 5.16 Å². The number of aromatic nitrogens is 1. The zero-order chi connectivity index (χ0) is 17.8. The van der Waals surface area contributed by atoms with Gasteiger partial charge >= 0.3 is 5.97 Å². The second-order valence-corrected chi connectivity index (χ2v) is 5.20. The summed E-state index contributed by atoms with van der Waals surface area (Å²) in [6.07, 6.45) is 0. The van der Waals surface area contributed by atoms with Crippen molar-refractivity contribution in [3.8, 4) is 5.75 Å². The molecule has 0 atom stereocenters. The second-order valence-electron chi connectivity index (χ2n) is 5.20. The van der Waals surface area contributed by atoms with Gasteiger partial charge in [-0.15, -0.1) is 0 Å². The maximum Gasteiger partial charge on any atom is 0.358 e. The lowest BCUT2D eigenvalue weighted by Gasteiger charge is -2.18. The van der Waals surface area contributed by atoms with Crippen molar-refractivity contribution >= 4 is 28.5 Å². The van der Waals surface area contributed by atoms with E-state index in [1.54, 1.807) is 24.3 Å². The van der Waals surface area contributed by atoms with E-state index in [4.69, 9.17) is 20.1 Å². The molecule has 1 aliphatic rings. The van der Waals surface area contributed by atoms with Crippen LogP contribution in [0.2, 0.25) is 0 Å². The number of nitrogens with zero attached hydrogens (tertiary/aromatic N) is 1. The minimum absolute atomic E-state index is 0.0365. The van der Waals surface area contributed by atoms with Gasteiger partial charge in [-0.05, 0) is 29.8 Å². The number of benzene rings is 2. The Kier molecular flexibility index (Phi) is 4.62. The van der Waals surface area contributed by atoms with Crippen LogP contribution in [0, 0.1) is 0 Å². The molecule has 0 bridgehead atoms. The van der Waals surface area contributed by atoms with Crippen LogP contribution < -0.4 is 15.8 Å². The van der Waals surface area contributed by atoms with Gasteiger partial charge in [-0.25, -0.2) is 4.79 Å². The molecule has 0 fully saturated rings. The molecule has 0 unspecified atom stereocenters. The van der Waals surface area contributed by atoms with Crippen molar-refractivity contribution < 1.29 is 24.0 Å². The summed E-state index contributed by atoms with van der Waals surface area (Å²) in [6, 6.07) is 12.4. The summed E-state index contributed by atoms with van der Waals surface area (Å²) in [7, 11) is 0. The molecule has 2 heterocycles. The Morgan fingerprint density at radius 1 is 1.28 bits per heavy atom. The molecule has 0 saturated carbocycles. The van der Waals surface area contributed by atoms with E-state index >= 15 is 0 Å².